The second kappa shape index (κ2) is 9.60. The summed E-state index contributed by atoms with van der Waals surface area (Å²) in [6.45, 7) is 6.74. The van der Waals surface area contributed by atoms with Gasteiger partial charge >= 0.3 is 0 Å². The Morgan fingerprint density at radius 2 is 1.82 bits per heavy atom. The lowest BCUT2D eigenvalue weighted by Crippen LogP contribution is -2.50. The van der Waals surface area contributed by atoms with E-state index in [0.717, 1.165) is 76.7 Å². The molecule has 0 unspecified atom stereocenters. The number of dihydropyridines is 1. The van der Waals surface area contributed by atoms with Gasteiger partial charge in [0.2, 0.25) is 11.6 Å². The lowest BCUT2D eigenvalue weighted by atomic mass is 9.90. The molecule has 1 saturated heterocycles. The summed E-state index contributed by atoms with van der Waals surface area (Å²) in [6, 6.07) is 6.89. The van der Waals surface area contributed by atoms with Gasteiger partial charge in [-0.15, -0.1) is 0 Å². The molecule has 0 amide bonds. The molecular formula is C25H32N6O3. The average Bonchev–Trinajstić information content (AvgIpc) is 3.35. The molecule has 9 nitrogen and oxygen atoms in total. The predicted molar refractivity (Wildman–Crippen MR) is 129 cm³/mol. The van der Waals surface area contributed by atoms with E-state index in [1.165, 1.54) is 10.6 Å². The van der Waals surface area contributed by atoms with Gasteiger partial charge in [0.05, 0.1) is 6.61 Å². The fourth-order valence-electron chi connectivity index (χ4n) is 5.19. The first-order chi connectivity index (χ1) is 16.6. The summed E-state index contributed by atoms with van der Waals surface area (Å²) in [4.78, 5) is 35.5. The van der Waals surface area contributed by atoms with Gasteiger partial charge in [-0.1, -0.05) is 24.3 Å². The maximum atomic E-state index is 13.1. The Bertz CT molecular complexity index is 1080. The van der Waals surface area contributed by atoms with Crippen molar-refractivity contribution >= 4 is 17.4 Å². The molecule has 0 radical (unpaired) electrons. The Morgan fingerprint density at radius 1 is 1.09 bits per heavy atom. The second-order valence-corrected chi connectivity index (χ2v) is 9.04. The molecule has 0 saturated carbocycles. The van der Waals surface area contributed by atoms with Crippen LogP contribution in [0.5, 0.6) is 0 Å². The normalized spacial score (nSPS) is 20.8. The van der Waals surface area contributed by atoms with Crippen LogP contribution in [0.15, 0.2) is 52.0 Å². The number of piperazine rings is 1. The van der Waals surface area contributed by atoms with Crippen LogP contribution in [0, 0.1) is 0 Å². The summed E-state index contributed by atoms with van der Waals surface area (Å²) in [7, 11) is 1.65. The van der Waals surface area contributed by atoms with E-state index < -0.39 is 0 Å². The number of ether oxygens (including phenoxy) is 1. The summed E-state index contributed by atoms with van der Waals surface area (Å²) in [6.07, 6.45) is 2.86. The number of amidine groups is 1. The van der Waals surface area contributed by atoms with Crippen molar-refractivity contribution in [2.24, 2.45) is 10.8 Å². The topological polar surface area (TPSA) is 104 Å². The van der Waals surface area contributed by atoms with E-state index in [0.29, 0.717) is 17.7 Å². The van der Waals surface area contributed by atoms with Crippen LogP contribution in [0.25, 0.3) is 0 Å². The zero-order chi connectivity index (χ0) is 23.7. The largest absolute Gasteiger partial charge is 0.489 e. The van der Waals surface area contributed by atoms with Crippen LogP contribution in [0.3, 0.4) is 0 Å². The zero-order valence-electron chi connectivity index (χ0n) is 19.7. The molecule has 5 rings (SSSR count). The number of ketones is 2. The molecule has 3 N–H and O–H groups in total. The van der Waals surface area contributed by atoms with Gasteiger partial charge in [-0.2, -0.15) is 0 Å². The predicted octanol–water partition coefficient (Wildman–Crippen LogP) is 1.16. The maximum Gasteiger partial charge on any atom is 0.213 e. The monoisotopic (exact) mass is 464 g/mol. The van der Waals surface area contributed by atoms with E-state index in [2.05, 4.69) is 15.1 Å². The number of nitrogens with two attached hydrogens (primary N) is 1. The van der Waals surface area contributed by atoms with Crippen LogP contribution >= 0.6 is 0 Å². The minimum atomic E-state index is -0.216. The number of fused-ring (bicyclic) bond motifs is 1. The summed E-state index contributed by atoms with van der Waals surface area (Å²) in [5.74, 6) is 7.96. The zero-order valence-corrected chi connectivity index (χ0v) is 19.7. The number of benzene rings is 1. The second-order valence-electron chi connectivity index (χ2n) is 9.04. The molecule has 34 heavy (non-hydrogen) atoms. The van der Waals surface area contributed by atoms with Crippen molar-refractivity contribution < 1.29 is 14.3 Å². The van der Waals surface area contributed by atoms with Gasteiger partial charge in [-0.3, -0.25) is 19.5 Å². The van der Waals surface area contributed by atoms with Crippen molar-refractivity contribution in [2.45, 2.75) is 19.3 Å². The van der Waals surface area contributed by atoms with Crippen molar-refractivity contribution in [2.75, 3.05) is 59.5 Å². The Morgan fingerprint density at radius 3 is 2.56 bits per heavy atom. The highest BCUT2D eigenvalue weighted by Gasteiger charge is 2.34. The number of nitrogens with zero attached hydrogens (tertiary/aromatic N) is 4. The lowest BCUT2D eigenvalue weighted by Gasteiger charge is -2.37. The van der Waals surface area contributed by atoms with Gasteiger partial charge in [0.25, 0.3) is 0 Å². The highest BCUT2D eigenvalue weighted by atomic mass is 16.5. The van der Waals surface area contributed by atoms with Crippen LogP contribution in [0.1, 0.15) is 40.0 Å². The van der Waals surface area contributed by atoms with Gasteiger partial charge in [0.1, 0.15) is 11.4 Å². The highest BCUT2D eigenvalue weighted by Crippen LogP contribution is 2.29. The third-order valence-electron chi connectivity index (χ3n) is 7.03. The number of hydrogen-bond acceptors (Lipinski definition) is 9. The van der Waals surface area contributed by atoms with E-state index in [1.807, 2.05) is 0 Å². The first-order valence-corrected chi connectivity index (χ1v) is 12.1. The summed E-state index contributed by atoms with van der Waals surface area (Å²) < 4.78 is 5.87. The van der Waals surface area contributed by atoms with Crippen LogP contribution < -0.4 is 11.2 Å². The molecule has 0 spiro atoms. The number of rotatable bonds is 6. The molecule has 3 aliphatic heterocycles. The number of allylic oxidation sites excluding steroid dienone is 2. The van der Waals surface area contributed by atoms with Gasteiger partial charge in [0, 0.05) is 70.4 Å². The molecule has 1 fully saturated rings. The fraction of sp³-hybridized carbons (Fsp3) is 0.480. The van der Waals surface area contributed by atoms with Crippen molar-refractivity contribution in [3.05, 3.63) is 58.1 Å². The van der Waals surface area contributed by atoms with E-state index in [1.54, 1.807) is 31.3 Å². The summed E-state index contributed by atoms with van der Waals surface area (Å²) >= 11 is 0. The number of Topliss-reactive ketones (excluding diaryl/α,β-unsaturated/α-hetero) is 2. The summed E-state index contributed by atoms with van der Waals surface area (Å²) in [5, 5.41) is 4.33. The molecule has 0 bridgehead atoms. The quantitative estimate of drug-likeness (QED) is 0.478. The van der Waals surface area contributed by atoms with E-state index in [4.69, 9.17) is 15.6 Å². The minimum absolute atomic E-state index is 0.200. The Labute approximate surface area is 199 Å². The number of likely N-dealkylation sites (N-methyl/N-ethyl adjacent to an activating group) is 1. The number of nitrogens with one attached hydrogen (secondary N) is 1. The van der Waals surface area contributed by atoms with Gasteiger partial charge < -0.3 is 20.0 Å². The molecule has 0 atom stereocenters. The SMILES string of the molecule is CNC1=C(N(N)CCCN2CCN(C3=NCCC4=C3OCC4)CC2)C(=O)c2ccccc2C1=O. The van der Waals surface area contributed by atoms with Gasteiger partial charge in [-0.25, -0.2) is 5.84 Å². The van der Waals surface area contributed by atoms with Crippen molar-refractivity contribution in [1.29, 1.82) is 0 Å². The van der Waals surface area contributed by atoms with Crippen molar-refractivity contribution in [3.8, 4) is 0 Å². The first-order valence-electron chi connectivity index (χ1n) is 12.1. The lowest BCUT2D eigenvalue weighted by molar-refractivity contribution is 0.0932. The number of carbonyl (C=O) groups is 2. The summed E-state index contributed by atoms with van der Waals surface area (Å²) in [5.41, 5.74) is 2.75. The molecule has 1 aromatic carbocycles. The van der Waals surface area contributed by atoms with Gasteiger partial charge in [-0.05, 0) is 18.4 Å². The van der Waals surface area contributed by atoms with E-state index in [-0.39, 0.29) is 23.0 Å². The van der Waals surface area contributed by atoms with Gasteiger partial charge in [0.15, 0.2) is 11.6 Å². The third-order valence-corrected chi connectivity index (χ3v) is 7.03. The molecule has 3 heterocycles. The molecule has 1 aromatic rings. The van der Waals surface area contributed by atoms with Crippen LogP contribution in [-0.4, -0.2) is 91.7 Å². The highest BCUT2D eigenvalue weighted by molar-refractivity contribution is 6.26. The van der Waals surface area contributed by atoms with Crippen molar-refractivity contribution in [1.82, 2.24) is 20.1 Å². The van der Waals surface area contributed by atoms with Crippen LogP contribution in [-0.2, 0) is 4.74 Å². The first kappa shape index (κ1) is 22.6. The number of hydrogen-bond donors (Lipinski definition) is 2. The molecular weight excluding hydrogens is 432 g/mol. The standard InChI is InChI=1S/C25H32N6O3/c1-27-20-21(23(33)19-6-3-2-5-18(19)22(20)32)31(26)11-4-10-29-12-14-30(15-13-29)25-24-17(7-9-28-25)8-16-34-24/h2-3,5-6,27H,4,7-16,26H2,1H3. The van der Waals surface area contributed by atoms with E-state index in [9.17, 15) is 9.59 Å². The third kappa shape index (κ3) is 4.10. The number of carbonyl (C=O) groups excluding carboxylic acids is 2. The fourth-order valence-corrected chi connectivity index (χ4v) is 5.19. The van der Waals surface area contributed by atoms with E-state index >= 15 is 0 Å². The molecule has 9 heteroatoms. The van der Waals surface area contributed by atoms with Crippen molar-refractivity contribution in [3.63, 3.8) is 0 Å². The molecule has 180 valence electrons. The Kier molecular flexibility index (Phi) is 6.38. The van der Waals surface area contributed by atoms with Crippen LogP contribution in [0.2, 0.25) is 0 Å². The Balaban J connectivity index is 1.15. The molecule has 1 aliphatic carbocycles. The molecule has 4 aliphatic rings. The van der Waals surface area contributed by atoms with Crippen LogP contribution in [0.4, 0.5) is 0 Å². The Hall–Kier alpha value is -3.17. The maximum absolute atomic E-state index is 13.1. The smallest absolute Gasteiger partial charge is 0.213 e. The molecule has 0 aromatic heterocycles. The number of aliphatic imine (C=N–C) groups is 1. The minimum Gasteiger partial charge on any atom is -0.489 e. The average molecular weight is 465 g/mol. The number of hydrazine groups is 1.